The Labute approximate surface area is 115 Å². The molecule has 0 atom stereocenters. The molecule has 2 aromatic carbocycles. The van der Waals surface area contributed by atoms with Crippen LogP contribution in [0.3, 0.4) is 0 Å². The van der Waals surface area contributed by atoms with Crippen molar-refractivity contribution in [1.29, 1.82) is 5.26 Å². The first-order chi connectivity index (χ1) is 9.22. The van der Waals surface area contributed by atoms with E-state index in [1.807, 2.05) is 18.2 Å². The first-order valence-corrected chi connectivity index (χ1v) is 6.52. The van der Waals surface area contributed by atoms with Gasteiger partial charge in [0.1, 0.15) is 11.6 Å². The maximum atomic E-state index is 12.9. The zero-order valence-electron chi connectivity index (χ0n) is 10.4. The molecule has 0 heterocycles. The summed E-state index contributed by atoms with van der Waals surface area (Å²) in [6.45, 7) is 0. The summed E-state index contributed by atoms with van der Waals surface area (Å²) >= 11 is 1.49. The average Bonchev–Trinajstić information content (AvgIpc) is 2.43. The molecule has 4 heteroatoms. The predicted molar refractivity (Wildman–Crippen MR) is 72.8 cm³/mol. The summed E-state index contributed by atoms with van der Waals surface area (Å²) in [4.78, 5) is 1.88. The molecule has 0 radical (unpaired) electrons. The number of nitrogens with zero attached hydrogens (tertiary/aromatic N) is 1. The van der Waals surface area contributed by atoms with Crippen molar-refractivity contribution in [1.82, 2.24) is 0 Å². The van der Waals surface area contributed by atoms with Crippen molar-refractivity contribution in [3.8, 4) is 11.8 Å². The summed E-state index contributed by atoms with van der Waals surface area (Å²) in [5.74, 6) is 0.485. The molecule has 2 rings (SSSR count). The van der Waals surface area contributed by atoms with E-state index in [1.165, 1.54) is 23.9 Å². The molecule has 0 saturated heterocycles. The maximum absolute atomic E-state index is 12.9. The van der Waals surface area contributed by atoms with Crippen LogP contribution in [0, 0.1) is 17.1 Å². The fourth-order valence-electron chi connectivity index (χ4n) is 1.62. The average molecular weight is 273 g/mol. The van der Waals surface area contributed by atoms with Crippen LogP contribution in [-0.4, -0.2) is 7.11 Å². The first-order valence-electron chi connectivity index (χ1n) is 5.70. The van der Waals surface area contributed by atoms with Crippen LogP contribution in [0.2, 0.25) is 0 Å². The first kappa shape index (κ1) is 13.4. The van der Waals surface area contributed by atoms with Crippen molar-refractivity contribution in [2.24, 2.45) is 0 Å². The predicted octanol–water partition coefficient (Wildman–Crippen LogP) is 4.05. The molecule has 2 nitrogen and oxygen atoms in total. The summed E-state index contributed by atoms with van der Waals surface area (Å²) in [7, 11) is 1.60. The number of nitriles is 1. The van der Waals surface area contributed by atoms with Gasteiger partial charge in [0.05, 0.1) is 19.6 Å². The van der Waals surface area contributed by atoms with Crippen molar-refractivity contribution in [2.75, 3.05) is 7.11 Å². The molecule has 0 aliphatic carbocycles. The number of rotatable bonds is 4. The van der Waals surface area contributed by atoms with Crippen molar-refractivity contribution in [3.05, 3.63) is 53.8 Å². The van der Waals surface area contributed by atoms with Crippen LogP contribution in [0.25, 0.3) is 0 Å². The second-order valence-electron chi connectivity index (χ2n) is 3.86. The zero-order valence-corrected chi connectivity index (χ0v) is 11.2. The second kappa shape index (κ2) is 6.26. The third-order valence-corrected chi connectivity index (χ3v) is 3.69. The van der Waals surface area contributed by atoms with Crippen LogP contribution < -0.4 is 4.74 Å². The molecule has 0 aromatic heterocycles. The van der Waals surface area contributed by atoms with Gasteiger partial charge in [-0.15, -0.1) is 0 Å². The van der Waals surface area contributed by atoms with Gasteiger partial charge >= 0.3 is 0 Å². The standard InChI is InChI=1S/C15H12FNOS/c1-18-13-5-2-11(8-9-17)15(10-13)19-14-6-3-12(16)4-7-14/h2-7,10H,8H2,1H3. The highest BCUT2D eigenvalue weighted by Crippen LogP contribution is 2.33. The molecule has 2 aromatic rings. The van der Waals surface area contributed by atoms with Crippen LogP contribution in [-0.2, 0) is 6.42 Å². The van der Waals surface area contributed by atoms with Gasteiger partial charge in [-0.3, -0.25) is 0 Å². The summed E-state index contributed by atoms with van der Waals surface area (Å²) in [6, 6.07) is 14.0. The van der Waals surface area contributed by atoms with Crippen LogP contribution in [0.5, 0.6) is 5.75 Å². The Balaban J connectivity index is 2.31. The van der Waals surface area contributed by atoms with Crippen molar-refractivity contribution in [2.45, 2.75) is 16.2 Å². The summed E-state index contributed by atoms with van der Waals surface area (Å²) in [5, 5.41) is 8.83. The minimum absolute atomic E-state index is 0.257. The van der Waals surface area contributed by atoms with Crippen LogP contribution in [0.1, 0.15) is 5.56 Å². The Morgan fingerprint density at radius 3 is 2.58 bits per heavy atom. The Morgan fingerprint density at radius 2 is 1.95 bits per heavy atom. The van der Waals surface area contributed by atoms with Crippen molar-refractivity contribution >= 4 is 11.8 Å². The topological polar surface area (TPSA) is 33.0 Å². The van der Waals surface area contributed by atoms with Crippen LogP contribution in [0.15, 0.2) is 52.3 Å². The molecule has 96 valence electrons. The lowest BCUT2D eigenvalue weighted by Crippen LogP contribution is -1.89. The van der Waals surface area contributed by atoms with Gasteiger partial charge in [0, 0.05) is 9.79 Å². The highest BCUT2D eigenvalue weighted by atomic mass is 32.2. The van der Waals surface area contributed by atoms with Crippen LogP contribution >= 0.6 is 11.8 Å². The zero-order chi connectivity index (χ0) is 13.7. The number of benzene rings is 2. The van der Waals surface area contributed by atoms with E-state index in [0.717, 1.165) is 21.1 Å². The van der Waals surface area contributed by atoms with Crippen molar-refractivity contribution in [3.63, 3.8) is 0 Å². The number of methoxy groups -OCH3 is 1. The second-order valence-corrected chi connectivity index (χ2v) is 4.98. The van der Waals surface area contributed by atoms with E-state index in [9.17, 15) is 4.39 Å². The minimum atomic E-state index is -0.257. The molecule has 0 aliphatic rings. The number of hydrogen-bond donors (Lipinski definition) is 0. The molecular formula is C15H12FNOS. The SMILES string of the molecule is COc1ccc(CC#N)c(Sc2ccc(F)cc2)c1. The highest BCUT2D eigenvalue weighted by molar-refractivity contribution is 7.99. The molecule has 0 aliphatic heterocycles. The van der Waals surface area contributed by atoms with Gasteiger partial charge in [-0.25, -0.2) is 4.39 Å². The molecule has 0 unspecified atom stereocenters. The van der Waals surface area contributed by atoms with E-state index in [4.69, 9.17) is 10.00 Å². The molecule has 0 amide bonds. The molecule has 0 spiro atoms. The normalized spacial score (nSPS) is 9.95. The van der Waals surface area contributed by atoms with Gasteiger partial charge in [-0.05, 0) is 42.0 Å². The number of hydrogen-bond acceptors (Lipinski definition) is 3. The van der Waals surface area contributed by atoms with E-state index in [0.29, 0.717) is 6.42 Å². The van der Waals surface area contributed by atoms with E-state index >= 15 is 0 Å². The quantitative estimate of drug-likeness (QED) is 0.842. The molecule has 0 N–H and O–H groups in total. The highest BCUT2D eigenvalue weighted by Gasteiger charge is 2.06. The van der Waals surface area contributed by atoms with Gasteiger partial charge in [0.25, 0.3) is 0 Å². The van der Waals surface area contributed by atoms with E-state index in [1.54, 1.807) is 19.2 Å². The lowest BCUT2D eigenvalue weighted by molar-refractivity contribution is 0.413. The smallest absolute Gasteiger partial charge is 0.123 e. The largest absolute Gasteiger partial charge is 0.497 e. The Kier molecular flexibility index (Phi) is 4.43. The third kappa shape index (κ3) is 3.49. The van der Waals surface area contributed by atoms with Gasteiger partial charge in [0.2, 0.25) is 0 Å². The van der Waals surface area contributed by atoms with Crippen LogP contribution in [0.4, 0.5) is 4.39 Å². The van der Waals surface area contributed by atoms with Gasteiger partial charge in [0.15, 0.2) is 0 Å². The lowest BCUT2D eigenvalue weighted by Gasteiger charge is -2.09. The summed E-state index contributed by atoms with van der Waals surface area (Å²) < 4.78 is 18.1. The van der Waals surface area contributed by atoms with Gasteiger partial charge < -0.3 is 4.74 Å². The Bertz CT molecular complexity index is 605. The van der Waals surface area contributed by atoms with Gasteiger partial charge in [-0.2, -0.15) is 5.26 Å². The van der Waals surface area contributed by atoms with E-state index in [-0.39, 0.29) is 5.82 Å². The molecule has 0 saturated carbocycles. The van der Waals surface area contributed by atoms with E-state index in [2.05, 4.69) is 6.07 Å². The number of ether oxygens (including phenoxy) is 1. The third-order valence-electron chi connectivity index (χ3n) is 2.59. The Morgan fingerprint density at radius 1 is 1.21 bits per heavy atom. The Hall–Kier alpha value is -1.99. The van der Waals surface area contributed by atoms with Crippen molar-refractivity contribution < 1.29 is 9.13 Å². The lowest BCUT2D eigenvalue weighted by atomic mass is 10.1. The maximum Gasteiger partial charge on any atom is 0.123 e. The molecule has 0 bridgehead atoms. The fourth-order valence-corrected chi connectivity index (χ4v) is 2.59. The summed E-state index contributed by atoms with van der Waals surface area (Å²) in [6.07, 6.45) is 0.341. The van der Waals surface area contributed by atoms with Gasteiger partial charge in [-0.1, -0.05) is 17.8 Å². The number of halogens is 1. The fraction of sp³-hybridized carbons (Fsp3) is 0.133. The molecule has 19 heavy (non-hydrogen) atoms. The molecular weight excluding hydrogens is 261 g/mol. The molecule has 0 fully saturated rings. The van der Waals surface area contributed by atoms with E-state index < -0.39 is 0 Å². The minimum Gasteiger partial charge on any atom is -0.497 e. The monoisotopic (exact) mass is 273 g/mol. The summed E-state index contributed by atoms with van der Waals surface area (Å²) in [5.41, 5.74) is 0.942.